The van der Waals surface area contributed by atoms with Crippen molar-refractivity contribution in [1.82, 2.24) is 10.2 Å². The number of aryl methyl sites for hydroxylation is 2. The zero-order chi connectivity index (χ0) is 14.0. The Balaban J connectivity index is 2.33. The van der Waals surface area contributed by atoms with Crippen LogP contribution in [0.4, 0.5) is 0 Å². The van der Waals surface area contributed by atoms with Gasteiger partial charge in [0.05, 0.1) is 6.04 Å². The molecule has 19 heavy (non-hydrogen) atoms. The fourth-order valence-corrected chi connectivity index (χ4v) is 2.84. The summed E-state index contributed by atoms with van der Waals surface area (Å²) >= 11 is 0. The lowest BCUT2D eigenvalue weighted by molar-refractivity contribution is -0.130. The first-order chi connectivity index (χ1) is 9.08. The quantitative estimate of drug-likeness (QED) is 0.902. The van der Waals surface area contributed by atoms with E-state index in [1.165, 1.54) is 16.7 Å². The second-order valence-corrected chi connectivity index (χ2v) is 5.42. The highest BCUT2D eigenvalue weighted by molar-refractivity contribution is 5.84. The zero-order valence-electron chi connectivity index (χ0n) is 12.4. The Morgan fingerprint density at radius 1 is 1.26 bits per heavy atom. The Labute approximate surface area is 116 Å². The average Bonchev–Trinajstić information content (AvgIpc) is 2.68. The van der Waals surface area contributed by atoms with Crippen LogP contribution in [0.1, 0.15) is 49.5 Å². The fourth-order valence-electron chi connectivity index (χ4n) is 2.84. The van der Waals surface area contributed by atoms with Crippen molar-refractivity contribution in [3.05, 3.63) is 34.9 Å². The molecule has 104 valence electrons. The summed E-state index contributed by atoms with van der Waals surface area (Å²) in [5.74, 6) is 0.245. The van der Waals surface area contributed by atoms with Gasteiger partial charge in [0.1, 0.15) is 6.17 Å². The van der Waals surface area contributed by atoms with Crippen LogP contribution in [0.3, 0.4) is 0 Å². The molecule has 0 aliphatic carbocycles. The minimum Gasteiger partial charge on any atom is -0.322 e. The van der Waals surface area contributed by atoms with Crippen LogP contribution in [0.25, 0.3) is 0 Å². The number of benzene rings is 1. The van der Waals surface area contributed by atoms with Crippen LogP contribution < -0.4 is 5.32 Å². The van der Waals surface area contributed by atoms with Gasteiger partial charge in [-0.3, -0.25) is 10.1 Å². The molecule has 3 heteroatoms. The molecule has 2 atom stereocenters. The summed E-state index contributed by atoms with van der Waals surface area (Å²) in [5, 5.41) is 3.48. The van der Waals surface area contributed by atoms with Gasteiger partial charge in [0, 0.05) is 6.54 Å². The topological polar surface area (TPSA) is 32.3 Å². The van der Waals surface area contributed by atoms with Gasteiger partial charge in [0.15, 0.2) is 0 Å². The van der Waals surface area contributed by atoms with Gasteiger partial charge >= 0.3 is 0 Å². The van der Waals surface area contributed by atoms with E-state index in [9.17, 15) is 4.79 Å². The zero-order valence-corrected chi connectivity index (χ0v) is 12.4. The first kappa shape index (κ1) is 14.1. The molecule has 2 unspecified atom stereocenters. The Kier molecular flexibility index (Phi) is 4.25. The summed E-state index contributed by atoms with van der Waals surface area (Å²) in [6, 6.07) is 6.43. The second kappa shape index (κ2) is 5.74. The van der Waals surface area contributed by atoms with Crippen LogP contribution in [-0.2, 0) is 4.79 Å². The number of carbonyl (C=O) groups is 1. The molecule has 3 nitrogen and oxygen atoms in total. The Bertz CT molecular complexity index is 470. The smallest absolute Gasteiger partial charge is 0.241 e. The van der Waals surface area contributed by atoms with E-state index in [2.05, 4.69) is 51.2 Å². The second-order valence-electron chi connectivity index (χ2n) is 5.42. The lowest BCUT2D eigenvalue weighted by Crippen LogP contribution is -2.31. The number of hydrogen-bond acceptors (Lipinski definition) is 2. The van der Waals surface area contributed by atoms with Gasteiger partial charge in [-0.05, 0) is 37.8 Å². The van der Waals surface area contributed by atoms with Gasteiger partial charge in [-0.15, -0.1) is 0 Å². The molecule has 1 fully saturated rings. The van der Waals surface area contributed by atoms with E-state index in [1.54, 1.807) is 0 Å². The van der Waals surface area contributed by atoms with Crippen LogP contribution in [0.15, 0.2) is 18.2 Å². The maximum Gasteiger partial charge on any atom is 0.241 e. The molecule has 1 aliphatic rings. The van der Waals surface area contributed by atoms with Gasteiger partial charge in [0.25, 0.3) is 0 Å². The first-order valence-electron chi connectivity index (χ1n) is 7.22. The molecule has 1 saturated heterocycles. The first-order valence-corrected chi connectivity index (χ1v) is 7.22. The van der Waals surface area contributed by atoms with Gasteiger partial charge in [-0.1, -0.05) is 37.6 Å². The molecule has 0 bridgehead atoms. The van der Waals surface area contributed by atoms with E-state index in [0.717, 1.165) is 19.4 Å². The third-order valence-corrected chi connectivity index (χ3v) is 3.84. The van der Waals surface area contributed by atoms with Crippen LogP contribution in [0.2, 0.25) is 0 Å². The highest BCUT2D eigenvalue weighted by Crippen LogP contribution is 2.29. The molecule has 1 N–H and O–H groups in total. The van der Waals surface area contributed by atoms with E-state index in [1.807, 2.05) is 4.90 Å². The highest BCUT2D eigenvalue weighted by atomic mass is 16.2. The normalized spacial score (nSPS) is 23.2. The highest BCUT2D eigenvalue weighted by Gasteiger charge is 2.38. The number of rotatable bonds is 4. The molecule has 2 rings (SSSR count). The lowest BCUT2D eigenvalue weighted by Gasteiger charge is -2.25. The Hall–Kier alpha value is -1.35. The van der Waals surface area contributed by atoms with Crippen molar-refractivity contribution in [2.24, 2.45) is 0 Å². The van der Waals surface area contributed by atoms with Crippen molar-refractivity contribution in [2.75, 3.05) is 6.54 Å². The summed E-state index contributed by atoms with van der Waals surface area (Å²) in [6.07, 6.45) is 1.88. The number of amides is 1. The predicted molar refractivity (Wildman–Crippen MR) is 77.9 cm³/mol. The van der Waals surface area contributed by atoms with Crippen molar-refractivity contribution >= 4 is 5.91 Å². The van der Waals surface area contributed by atoms with Gasteiger partial charge in [0.2, 0.25) is 5.91 Å². The monoisotopic (exact) mass is 260 g/mol. The molecule has 1 amide bonds. The molecular weight excluding hydrogens is 236 g/mol. The van der Waals surface area contributed by atoms with Crippen molar-refractivity contribution in [3.8, 4) is 0 Å². The Morgan fingerprint density at radius 2 is 2.00 bits per heavy atom. The van der Waals surface area contributed by atoms with Crippen LogP contribution in [0.5, 0.6) is 0 Å². The molecule has 0 radical (unpaired) electrons. The van der Waals surface area contributed by atoms with E-state index < -0.39 is 0 Å². The van der Waals surface area contributed by atoms with Gasteiger partial charge in [-0.2, -0.15) is 0 Å². The summed E-state index contributed by atoms with van der Waals surface area (Å²) in [7, 11) is 0. The van der Waals surface area contributed by atoms with E-state index >= 15 is 0 Å². The van der Waals surface area contributed by atoms with Crippen LogP contribution in [0, 0.1) is 13.8 Å². The molecule has 1 aromatic rings. The number of hydrogen-bond donors (Lipinski definition) is 1. The molecule has 0 aromatic heterocycles. The van der Waals surface area contributed by atoms with E-state index in [-0.39, 0.29) is 18.1 Å². The maximum atomic E-state index is 12.4. The summed E-state index contributed by atoms with van der Waals surface area (Å²) in [5.41, 5.74) is 3.74. The predicted octanol–water partition coefficient (Wildman–Crippen LogP) is 2.92. The molecule has 1 aromatic carbocycles. The molecule has 1 heterocycles. The fraction of sp³-hybridized carbons (Fsp3) is 0.562. The molecule has 0 saturated carbocycles. The van der Waals surface area contributed by atoms with Gasteiger partial charge < -0.3 is 4.90 Å². The average molecular weight is 260 g/mol. The largest absolute Gasteiger partial charge is 0.322 e. The van der Waals surface area contributed by atoms with Crippen molar-refractivity contribution in [1.29, 1.82) is 0 Å². The SMILES string of the molecule is CCCN1C(=O)C(CC)NC1c1ccc(C)cc1C. The van der Waals surface area contributed by atoms with E-state index in [0.29, 0.717) is 0 Å². The molecule has 0 spiro atoms. The van der Waals surface area contributed by atoms with E-state index in [4.69, 9.17) is 0 Å². The van der Waals surface area contributed by atoms with Crippen molar-refractivity contribution < 1.29 is 4.79 Å². The number of carbonyl (C=O) groups excluding carboxylic acids is 1. The summed E-state index contributed by atoms with van der Waals surface area (Å²) in [4.78, 5) is 14.3. The Morgan fingerprint density at radius 3 is 2.58 bits per heavy atom. The standard InChI is InChI=1S/C16H24N2O/c1-5-9-18-15(17-14(6-2)16(18)19)13-8-7-11(3)10-12(13)4/h7-8,10,14-15,17H,5-6,9H2,1-4H3. The minimum absolute atomic E-state index is 0.0303. The third-order valence-electron chi connectivity index (χ3n) is 3.84. The summed E-state index contributed by atoms with van der Waals surface area (Å²) < 4.78 is 0. The van der Waals surface area contributed by atoms with Crippen molar-refractivity contribution in [3.63, 3.8) is 0 Å². The minimum atomic E-state index is -0.0303. The number of nitrogens with zero attached hydrogens (tertiary/aromatic N) is 1. The van der Waals surface area contributed by atoms with Crippen molar-refractivity contribution in [2.45, 2.75) is 52.7 Å². The third kappa shape index (κ3) is 2.66. The van der Waals surface area contributed by atoms with Crippen LogP contribution >= 0.6 is 0 Å². The summed E-state index contributed by atoms with van der Waals surface area (Å²) in [6.45, 7) is 9.22. The molecule has 1 aliphatic heterocycles. The maximum absolute atomic E-state index is 12.4. The number of nitrogens with one attached hydrogen (secondary N) is 1. The van der Waals surface area contributed by atoms with Gasteiger partial charge in [-0.25, -0.2) is 0 Å². The van der Waals surface area contributed by atoms with Crippen LogP contribution in [-0.4, -0.2) is 23.4 Å². The lowest BCUT2D eigenvalue weighted by atomic mass is 10.0. The molecular formula is C16H24N2O.